The van der Waals surface area contributed by atoms with E-state index in [0.717, 1.165) is 24.6 Å². The quantitative estimate of drug-likeness (QED) is 0.525. The molecule has 2 nitrogen and oxygen atoms in total. The second-order valence-electron chi connectivity index (χ2n) is 2.44. The predicted octanol–water partition coefficient (Wildman–Crippen LogP) is 2.53. The van der Waals surface area contributed by atoms with Crippen molar-refractivity contribution in [1.82, 2.24) is 0 Å². The van der Waals surface area contributed by atoms with Crippen LogP contribution in [-0.4, -0.2) is 27.1 Å². The molecule has 0 atom stereocenters. The molecule has 0 rings (SSSR count). The molecule has 0 spiro atoms. The van der Waals surface area contributed by atoms with E-state index in [1.165, 1.54) is 0 Å². The summed E-state index contributed by atoms with van der Waals surface area (Å²) < 4.78 is 11.2. The molecule has 0 N–H and O–H groups in total. The maximum atomic E-state index is 5.60. The van der Waals surface area contributed by atoms with Gasteiger partial charge in [0.2, 0.25) is 0 Å². The molecule has 11 heavy (non-hydrogen) atoms. The van der Waals surface area contributed by atoms with Gasteiger partial charge in [0.25, 0.3) is 0 Å². The first kappa shape index (κ1) is 11.6. The minimum Gasteiger partial charge on any atom is -0.395 e. The monoisotopic (exact) mass is 240 g/mol. The van der Waals surface area contributed by atoms with Gasteiger partial charge in [0, 0.05) is 24.6 Å². The molecule has 0 heterocycles. The molecule has 0 unspecified atom stereocenters. The van der Waals surface area contributed by atoms with Crippen LogP contribution in [0.4, 0.5) is 0 Å². The zero-order valence-corrected chi connectivity index (χ0v) is 10.1. The summed E-state index contributed by atoms with van der Waals surface area (Å²) in [6.07, 6.45) is 0. The molecule has 0 aromatic heterocycles. The fraction of sp³-hybridized carbons (Fsp3) is 1.00. The van der Waals surface area contributed by atoms with E-state index < -0.39 is 8.56 Å². The van der Waals surface area contributed by atoms with E-state index in [0.29, 0.717) is 0 Å². The van der Waals surface area contributed by atoms with Gasteiger partial charge in [-0.2, -0.15) is 0 Å². The summed E-state index contributed by atoms with van der Waals surface area (Å²) in [6.45, 7) is 7.66. The third-order valence-corrected chi connectivity index (χ3v) is 5.53. The number of halogens is 1. The highest BCUT2D eigenvalue weighted by atomic mass is 79.9. The molecule has 0 saturated carbocycles. The maximum absolute atomic E-state index is 5.60. The molecule has 0 aliphatic rings. The lowest BCUT2D eigenvalue weighted by atomic mass is 10.9. The zero-order chi connectivity index (χ0) is 8.74. The molecule has 4 heteroatoms. The third kappa shape index (κ3) is 4.95. The highest BCUT2D eigenvalue weighted by molar-refractivity contribution is 9.09. The predicted molar refractivity (Wildman–Crippen MR) is 53.5 cm³/mol. The smallest absolute Gasteiger partial charge is 0.335 e. The van der Waals surface area contributed by atoms with Gasteiger partial charge in [-0.25, -0.2) is 0 Å². The summed E-state index contributed by atoms with van der Waals surface area (Å²) in [6, 6.07) is 1.02. The van der Waals surface area contributed by atoms with Crippen LogP contribution < -0.4 is 0 Å². The van der Waals surface area contributed by atoms with Gasteiger partial charge >= 0.3 is 8.56 Å². The normalized spacial score (nSPS) is 12.0. The number of hydrogen-bond donors (Lipinski definition) is 0. The van der Waals surface area contributed by atoms with E-state index in [-0.39, 0.29) is 0 Å². The number of hydrogen-bond acceptors (Lipinski definition) is 2. The molecule has 0 aliphatic carbocycles. The molecular formula is C7H17BrO2Si. The summed E-state index contributed by atoms with van der Waals surface area (Å²) >= 11 is 3.40. The van der Waals surface area contributed by atoms with Crippen LogP contribution in [0.2, 0.25) is 12.6 Å². The van der Waals surface area contributed by atoms with E-state index in [9.17, 15) is 0 Å². The molecule has 0 aromatic carbocycles. The first-order valence-corrected chi connectivity index (χ1v) is 7.67. The minimum atomic E-state index is -1.80. The van der Waals surface area contributed by atoms with Gasteiger partial charge in [-0.1, -0.05) is 15.9 Å². The summed E-state index contributed by atoms with van der Waals surface area (Å²) in [5, 5.41) is 0.968. The molecule has 0 saturated heterocycles. The van der Waals surface area contributed by atoms with Gasteiger partial charge in [-0.05, 0) is 20.4 Å². The lowest BCUT2D eigenvalue weighted by Gasteiger charge is -2.24. The third-order valence-electron chi connectivity index (χ3n) is 1.45. The first-order chi connectivity index (χ1) is 5.18. The minimum absolute atomic E-state index is 0.760. The summed E-state index contributed by atoms with van der Waals surface area (Å²) in [5.74, 6) is 0. The fourth-order valence-electron chi connectivity index (χ4n) is 0.968. The molecule has 0 bridgehead atoms. The highest BCUT2D eigenvalue weighted by Crippen LogP contribution is 2.14. The summed E-state index contributed by atoms with van der Waals surface area (Å²) in [4.78, 5) is 0. The van der Waals surface area contributed by atoms with Crippen LogP contribution in [0, 0.1) is 0 Å². The van der Waals surface area contributed by atoms with Crippen LogP contribution in [0.15, 0.2) is 0 Å². The van der Waals surface area contributed by atoms with Crippen molar-refractivity contribution in [3.63, 3.8) is 0 Å². The van der Waals surface area contributed by atoms with E-state index in [1.807, 2.05) is 13.8 Å². The summed E-state index contributed by atoms with van der Waals surface area (Å²) in [7, 11) is -1.80. The van der Waals surface area contributed by atoms with Crippen LogP contribution in [0.1, 0.15) is 13.8 Å². The van der Waals surface area contributed by atoms with Gasteiger partial charge in [0.15, 0.2) is 0 Å². The standard InChI is InChI=1S/C7H17BrO2Si/c1-4-9-11(3,7-6-8)10-5-2/h4-7H2,1-3H3. The van der Waals surface area contributed by atoms with Crippen LogP contribution in [0.25, 0.3) is 0 Å². The molecule has 0 radical (unpaired) electrons. The van der Waals surface area contributed by atoms with E-state index in [4.69, 9.17) is 8.85 Å². The lowest BCUT2D eigenvalue weighted by Crippen LogP contribution is -2.39. The second kappa shape index (κ2) is 6.17. The largest absolute Gasteiger partial charge is 0.395 e. The average molecular weight is 241 g/mol. The van der Waals surface area contributed by atoms with E-state index in [2.05, 4.69) is 22.5 Å². The van der Waals surface area contributed by atoms with Crippen molar-refractivity contribution in [1.29, 1.82) is 0 Å². The molecule has 68 valence electrons. The average Bonchev–Trinajstić information content (AvgIpc) is 1.88. The van der Waals surface area contributed by atoms with Crippen LogP contribution in [0.3, 0.4) is 0 Å². The highest BCUT2D eigenvalue weighted by Gasteiger charge is 2.29. The van der Waals surface area contributed by atoms with Gasteiger partial charge in [-0.3, -0.25) is 0 Å². The van der Waals surface area contributed by atoms with Crippen molar-refractivity contribution in [3.8, 4) is 0 Å². The Morgan fingerprint density at radius 1 is 1.18 bits per heavy atom. The number of rotatable bonds is 6. The van der Waals surface area contributed by atoms with Crippen molar-refractivity contribution in [2.45, 2.75) is 26.4 Å². The van der Waals surface area contributed by atoms with Crippen LogP contribution in [0.5, 0.6) is 0 Å². The van der Waals surface area contributed by atoms with Gasteiger partial charge in [-0.15, -0.1) is 0 Å². The fourth-order valence-corrected chi connectivity index (χ4v) is 5.07. The topological polar surface area (TPSA) is 18.5 Å². The van der Waals surface area contributed by atoms with Crippen LogP contribution >= 0.6 is 15.9 Å². The van der Waals surface area contributed by atoms with Crippen molar-refractivity contribution >= 4 is 24.5 Å². The first-order valence-electron chi connectivity index (χ1n) is 4.02. The Hall–Kier alpha value is 0.617. The zero-order valence-electron chi connectivity index (χ0n) is 7.52. The number of alkyl halides is 1. The molecule has 0 amide bonds. The Bertz CT molecular complexity index is 83.4. The van der Waals surface area contributed by atoms with Crippen molar-refractivity contribution < 1.29 is 8.85 Å². The lowest BCUT2D eigenvalue weighted by molar-refractivity contribution is 0.190. The Morgan fingerprint density at radius 2 is 1.64 bits per heavy atom. The van der Waals surface area contributed by atoms with Gasteiger partial charge in [0.1, 0.15) is 0 Å². The Labute approximate surface area is 78.7 Å². The molecular weight excluding hydrogens is 224 g/mol. The van der Waals surface area contributed by atoms with E-state index >= 15 is 0 Å². The van der Waals surface area contributed by atoms with Crippen LogP contribution in [-0.2, 0) is 8.85 Å². The SMILES string of the molecule is CCO[Si](C)(CCBr)OCC. The van der Waals surface area contributed by atoms with E-state index in [1.54, 1.807) is 0 Å². The Kier molecular flexibility index (Phi) is 6.51. The van der Waals surface area contributed by atoms with Crippen molar-refractivity contribution in [3.05, 3.63) is 0 Å². The summed E-state index contributed by atoms with van der Waals surface area (Å²) in [5.41, 5.74) is 0. The Balaban J connectivity index is 3.79. The van der Waals surface area contributed by atoms with Crippen molar-refractivity contribution in [2.75, 3.05) is 18.5 Å². The maximum Gasteiger partial charge on any atom is 0.335 e. The second-order valence-corrected chi connectivity index (χ2v) is 6.58. The van der Waals surface area contributed by atoms with Gasteiger partial charge < -0.3 is 8.85 Å². The van der Waals surface area contributed by atoms with Crippen molar-refractivity contribution in [2.24, 2.45) is 0 Å². The molecule has 0 fully saturated rings. The Morgan fingerprint density at radius 3 is 1.91 bits per heavy atom. The molecule has 0 aromatic rings. The molecule has 0 aliphatic heterocycles. The van der Waals surface area contributed by atoms with Gasteiger partial charge in [0.05, 0.1) is 0 Å².